The van der Waals surface area contributed by atoms with Crippen molar-refractivity contribution in [2.45, 2.75) is 20.0 Å². The van der Waals surface area contributed by atoms with Crippen LogP contribution in [0.5, 0.6) is 5.75 Å². The van der Waals surface area contributed by atoms with E-state index in [4.69, 9.17) is 0 Å². The quantitative estimate of drug-likeness (QED) is 0.847. The highest BCUT2D eigenvalue weighted by molar-refractivity contribution is 5.79. The van der Waals surface area contributed by atoms with Gasteiger partial charge in [0.05, 0.1) is 6.42 Å². The molecule has 0 spiro atoms. The van der Waals surface area contributed by atoms with E-state index >= 15 is 0 Å². The number of hydrogen-bond donors (Lipinski definition) is 0. The summed E-state index contributed by atoms with van der Waals surface area (Å²) in [5, 5.41) is 0. The molecule has 0 aliphatic carbocycles. The van der Waals surface area contributed by atoms with Crippen LogP contribution in [0, 0.1) is 0 Å². The van der Waals surface area contributed by atoms with Gasteiger partial charge in [-0.15, -0.1) is 0 Å². The lowest BCUT2D eigenvalue weighted by Gasteiger charge is -2.34. The first-order valence-corrected chi connectivity index (χ1v) is 7.03. The lowest BCUT2D eigenvalue weighted by Crippen LogP contribution is -2.50. The van der Waals surface area contributed by atoms with Crippen LogP contribution >= 0.6 is 0 Å². The molecule has 1 aromatic rings. The molecule has 0 radical (unpaired) electrons. The van der Waals surface area contributed by atoms with Crippen molar-refractivity contribution >= 4 is 11.8 Å². The van der Waals surface area contributed by atoms with E-state index in [2.05, 4.69) is 4.74 Å². The number of halogens is 2. The van der Waals surface area contributed by atoms with Gasteiger partial charge in [0.2, 0.25) is 11.8 Å². The number of ether oxygens (including phenoxy) is 1. The Morgan fingerprint density at radius 2 is 1.64 bits per heavy atom. The Balaban J connectivity index is 1.86. The zero-order valence-corrected chi connectivity index (χ0v) is 12.3. The molecule has 1 saturated heterocycles. The van der Waals surface area contributed by atoms with E-state index in [1.807, 2.05) is 0 Å². The van der Waals surface area contributed by atoms with Crippen LogP contribution in [0.2, 0.25) is 0 Å². The molecule has 1 aliphatic rings. The molecule has 22 heavy (non-hydrogen) atoms. The minimum Gasteiger partial charge on any atom is -0.435 e. The molecule has 0 aromatic heterocycles. The molecule has 120 valence electrons. The van der Waals surface area contributed by atoms with Gasteiger partial charge in [-0.2, -0.15) is 8.78 Å². The minimum atomic E-state index is -2.86. The molecular formula is C15H18F2N2O3. The number of rotatable bonds is 4. The highest BCUT2D eigenvalue weighted by atomic mass is 19.3. The van der Waals surface area contributed by atoms with Crippen molar-refractivity contribution in [1.82, 2.24) is 9.80 Å². The van der Waals surface area contributed by atoms with Crippen molar-refractivity contribution in [3.05, 3.63) is 29.8 Å². The second kappa shape index (κ2) is 7.20. The topological polar surface area (TPSA) is 49.9 Å². The van der Waals surface area contributed by atoms with E-state index < -0.39 is 6.61 Å². The first kappa shape index (κ1) is 16.2. The van der Waals surface area contributed by atoms with Crippen LogP contribution in [0.15, 0.2) is 24.3 Å². The third kappa shape index (κ3) is 4.41. The number of alkyl halides is 2. The third-order valence-corrected chi connectivity index (χ3v) is 3.58. The van der Waals surface area contributed by atoms with Crippen LogP contribution in [0.1, 0.15) is 12.5 Å². The summed E-state index contributed by atoms with van der Waals surface area (Å²) in [5.41, 5.74) is 0.737. The number of piperazine rings is 1. The van der Waals surface area contributed by atoms with E-state index in [-0.39, 0.29) is 24.0 Å². The maximum absolute atomic E-state index is 12.2. The van der Waals surface area contributed by atoms with Crippen molar-refractivity contribution in [3.8, 4) is 5.75 Å². The van der Waals surface area contributed by atoms with E-state index in [0.29, 0.717) is 26.2 Å². The molecule has 5 nitrogen and oxygen atoms in total. The molecule has 0 saturated carbocycles. The molecule has 0 atom stereocenters. The van der Waals surface area contributed by atoms with Crippen LogP contribution in [0.3, 0.4) is 0 Å². The fraction of sp³-hybridized carbons (Fsp3) is 0.467. The number of amides is 2. The summed E-state index contributed by atoms with van der Waals surface area (Å²) in [5.74, 6) is 0.0497. The highest BCUT2D eigenvalue weighted by Gasteiger charge is 2.22. The van der Waals surface area contributed by atoms with Gasteiger partial charge in [0.15, 0.2) is 0 Å². The van der Waals surface area contributed by atoms with Crippen molar-refractivity contribution in [2.24, 2.45) is 0 Å². The Hall–Kier alpha value is -2.18. The number of hydrogen-bond acceptors (Lipinski definition) is 3. The summed E-state index contributed by atoms with van der Waals surface area (Å²) < 4.78 is 28.4. The average molecular weight is 312 g/mol. The molecule has 0 unspecified atom stereocenters. The zero-order valence-electron chi connectivity index (χ0n) is 12.3. The van der Waals surface area contributed by atoms with Crippen molar-refractivity contribution < 1.29 is 23.1 Å². The molecule has 0 N–H and O–H groups in total. The zero-order chi connectivity index (χ0) is 16.1. The predicted octanol–water partition coefficient (Wildman–Crippen LogP) is 1.52. The van der Waals surface area contributed by atoms with Crippen LogP contribution in [0.4, 0.5) is 8.78 Å². The molecule has 2 amide bonds. The monoisotopic (exact) mass is 312 g/mol. The third-order valence-electron chi connectivity index (χ3n) is 3.58. The number of benzene rings is 1. The first-order valence-electron chi connectivity index (χ1n) is 7.03. The summed E-state index contributed by atoms with van der Waals surface area (Å²) in [7, 11) is 0. The van der Waals surface area contributed by atoms with Crippen LogP contribution < -0.4 is 4.74 Å². The Morgan fingerprint density at radius 1 is 1.09 bits per heavy atom. The van der Waals surface area contributed by atoms with Crippen molar-refractivity contribution in [1.29, 1.82) is 0 Å². The SMILES string of the molecule is CC(=O)N1CCN(C(=O)Cc2ccc(OC(F)F)cc2)CC1. The highest BCUT2D eigenvalue weighted by Crippen LogP contribution is 2.16. The van der Waals surface area contributed by atoms with E-state index in [1.54, 1.807) is 21.9 Å². The Kier molecular flexibility index (Phi) is 5.30. The van der Waals surface area contributed by atoms with Gasteiger partial charge in [-0.3, -0.25) is 9.59 Å². The number of carbonyl (C=O) groups is 2. The second-order valence-electron chi connectivity index (χ2n) is 5.09. The van der Waals surface area contributed by atoms with Gasteiger partial charge in [0.25, 0.3) is 0 Å². The summed E-state index contributed by atoms with van der Waals surface area (Å²) >= 11 is 0. The van der Waals surface area contributed by atoms with Gasteiger partial charge in [-0.05, 0) is 17.7 Å². The Morgan fingerprint density at radius 3 is 2.14 bits per heavy atom. The van der Waals surface area contributed by atoms with Gasteiger partial charge < -0.3 is 14.5 Å². The largest absolute Gasteiger partial charge is 0.435 e. The van der Waals surface area contributed by atoms with Crippen LogP contribution in [-0.2, 0) is 16.0 Å². The molecule has 0 bridgehead atoms. The van der Waals surface area contributed by atoms with Crippen LogP contribution in [0.25, 0.3) is 0 Å². The molecule has 7 heteroatoms. The lowest BCUT2D eigenvalue weighted by atomic mass is 10.1. The molecular weight excluding hydrogens is 294 g/mol. The normalized spacial score (nSPS) is 15.1. The van der Waals surface area contributed by atoms with Gasteiger partial charge in [-0.1, -0.05) is 12.1 Å². The molecule has 1 fully saturated rings. The summed E-state index contributed by atoms with van der Waals surface area (Å²) in [6, 6.07) is 6.04. The van der Waals surface area contributed by atoms with E-state index in [1.165, 1.54) is 19.1 Å². The molecule has 1 aromatic carbocycles. The summed E-state index contributed by atoms with van der Waals surface area (Å²) in [6.45, 7) is 0.783. The first-order chi connectivity index (χ1) is 10.5. The Labute approximate surface area is 127 Å². The lowest BCUT2D eigenvalue weighted by molar-refractivity contribution is -0.138. The standard InChI is InChI=1S/C15H18F2N2O3/c1-11(20)18-6-8-19(9-7-18)14(21)10-12-2-4-13(5-3-12)22-15(16)17/h2-5,15H,6-10H2,1H3. The molecule has 1 aliphatic heterocycles. The fourth-order valence-corrected chi connectivity index (χ4v) is 2.35. The number of carbonyl (C=O) groups excluding carboxylic acids is 2. The van der Waals surface area contributed by atoms with Crippen LogP contribution in [-0.4, -0.2) is 54.4 Å². The number of nitrogens with zero attached hydrogens (tertiary/aromatic N) is 2. The van der Waals surface area contributed by atoms with Gasteiger partial charge in [0.1, 0.15) is 5.75 Å². The summed E-state index contributed by atoms with van der Waals surface area (Å²) in [4.78, 5) is 26.8. The molecule has 1 heterocycles. The van der Waals surface area contributed by atoms with E-state index in [9.17, 15) is 18.4 Å². The molecule has 2 rings (SSSR count). The Bertz CT molecular complexity index is 526. The van der Waals surface area contributed by atoms with Crippen molar-refractivity contribution in [3.63, 3.8) is 0 Å². The predicted molar refractivity (Wildman–Crippen MR) is 75.6 cm³/mol. The summed E-state index contributed by atoms with van der Waals surface area (Å²) in [6.07, 6.45) is 0.203. The van der Waals surface area contributed by atoms with Gasteiger partial charge in [-0.25, -0.2) is 0 Å². The smallest absolute Gasteiger partial charge is 0.387 e. The van der Waals surface area contributed by atoms with Crippen molar-refractivity contribution in [2.75, 3.05) is 26.2 Å². The fourth-order valence-electron chi connectivity index (χ4n) is 2.35. The van der Waals surface area contributed by atoms with E-state index in [0.717, 1.165) is 5.56 Å². The maximum Gasteiger partial charge on any atom is 0.387 e. The maximum atomic E-state index is 12.2. The minimum absolute atomic E-state index is 0.0155. The second-order valence-corrected chi connectivity index (χ2v) is 5.09. The van der Waals surface area contributed by atoms with Gasteiger partial charge in [0, 0.05) is 33.1 Å². The van der Waals surface area contributed by atoms with Gasteiger partial charge >= 0.3 is 6.61 Å². The average Bonchev–Trinajstić information content (AvgIpc) is 2.49.